The third kappa shape index (κ3) is 4.45. The van der Waals surface area contributed by atoms with Gasteiger partial charge < -0.3 is 10.1 Å². The van der Waals surface area contributed by atoms with Crippen LogP contribution in [0.15, 0.2) is 65.9 Å². The number of hydrogen-bond donors (Lipinski definition) is 1. The molecule has 0 spiro atoms. The van der Waals surface area contributed by atoms with Crippen molar-refractivity contribution in [1.29, 1.82) is 0 Å². The highest BCUT2D eigenvalue weighted by Gasteiger charge is 2.46. The summed E-state index contributed by atoms with van der Waals surface area (Å²) in [5, 5.41) is 12.1. The van der Waals surface area contributed by atoms with Crippen molar-refractivity contribution in [3.63, 3.8) is 0 Å². The van der Waals surface area contributed by atoms with Crippen LogP contribution in [0, 0.1) is 0 Å². The van der Waals surface area contributed by atoms with Crippen LogP contribution >= 0.6 is 11.6 Å². The second-order valence-electron chi connectivity index (χ2n) is 9.82. The zero-order valence-electron chi connectivity index (χ0n) is 21.5. The third-order valence-corrected chi connectivity index (χ3v) is 10.2. The van der Waals surface area contributed by atoms with E-state index in [9.17, 15) is 13.2 Å². The summed E-state index contributed by atoms with van der Waals surface area (Å²) in [6.07, 6.45) is 3.25. The fourth-order valence-electron chi connectivity index (χ4n) is 5.51. The lowest BCUT2D eigenvalue weighted by Crippen LogP contribution is -2.45. The number of hydrogen-bond acceptors (Lipinski definition) is 7. The Morgan fingerprint density at radius 3 is 2.58 bits per heavy atom. The quantitative estimate of drug-likeness (QED) is 0.354. The highest BCUT2D eigenvalue weighted by atomic mass is 35.5. The summed E-state index contributed by atoms with van der Waals surface area (Å²) in [7, 11) is -0.729. The van der Waals surface area contributed by atoms with Crippen molar-refractivity contribution in [3.05, 3.63) is 83.2 Å². The number of fused-ring (bicyclic) bond motifs is 1. The van der Waals surface area contributed by atoms with Gasteiger partial charge in [-0.1, -0.05) is 54.1 Å². The molecule has 2 aliphatic rings. The van der Waals surface area contributed by atoms with E-state index >= 15 is 0 Å². The second-order valence-corrected chi connectivity index (χ2v) is 12.1. The number of alkyl halides is 1. The van der Waals surface area contributed by atoms with Gasteiger partial charge in [0, 0.05) is 19.0 Å². The van der Waals surface area contributed by atoms with Crippen LogP contribution in [-0.4, -0.2) is 65.7 Å². The van der Waals surface area contributed by atoms with Gasteiger partial charge in [-0.05, 0) is 49.4 Å². The number of carbonyl (C=O) groups excluding carboxylic acids is 1. The van der Waals surface area contributed by atoms with E-state index in [0.717, 1.165) is 15.2 Å². The fraction of sp³-hybridized carbons (Fsp3) is 0.370. The van der Waals surface area contributed by atoms with Crippen LogP contribution in [0.4, 0.5) is 0 Å². The van der Waals surface area contributed by atoms with E-state index in [0.29, 0.717) is 48.5 Å². The molecule has 1 amide bonds. The van der Waals surface area contributed by atoms with Gasteiger partial charge in [0.15, 0.2) is 5.25 Å². The highest BCUT2D eigenvalue weighted by molar-refractivity contribution is 7.91. The maximum Gasteiger partial charge on any atom is 0.265 e. The van der Waals surface area contributed by atoms with Crippen molar-refractivity contribution < 1.29 is 17.9 Å². The predicted molar refractivity (Wildman–Crippen MR) is 146 cm³/mol. The predicted octanol–water partition coefficient (Wildman–Crippen LogP) is 3.18. The molecule has 1 aliphatic heterocycles. The first-order chi connectivity index (χ1) is 18.2. The molecule has 38 heavy (non-hydrogen) atoms. The molecule has 0 radical (unpaired) electrons. The number of amides is 1. The van der Waals surface area contributed by atoms with Crippen molar-refractivity contribution >= 4 is 33.2 Å². The monoisotopic (exact) mass is 555 g/mol. The van der Waals surface area contributed by atoms with Crippen LogP contribution in [0.25, 0.3) is 0 Å². The summed E-state index contributed by atoms with van der Waals surface area (Å²) in [5.41, 5.74) is 2.21. The molecule has 2 heterocycles. The summed E-state index contributed by atoms with van der Waals surface area (Å²) in [6, 6.07) is 17.1. The molecule has 0 bridgehead atoms. The zero-order chi connectivity index (χ0) is 27.1. The Labute approximate surface area is 227 Å². The van der Waals surface area contributed by atoms with Gasteiger partial charge in [-0.2, -0.15) is 14.3 Å². The molecule has 3 aromatic rings. The molecular weight excluding hydrogens is 526 g/mol. The number of rotatable bonds is 7. The van der Waals surface area contributed by atoms with Crippen LogP contribution in [0.1, 0.15) is 40.5 Å². The lowest BCUT2D eigenvalue weighted by molar-refractivity contribution is 0.0937. The van der Waals surface area contributed by atoms with Gasteiger partial charge in [-0.3, -0.25) is 9.80 Å². The molecule has 3 unspecified atom stereocenters. The number of aromatic nitrogens is 2. The lowest BCUT2D eigenvalue weighted by Gasteiger charge is -2.38. The van der Waals surface area contributed by atoms with Crippen LogP contribution in [0.5, 0.6) is 5.75 Å². The van der Waals surface area contributed by atoms with Gasteiger partial charge in [0.1, 0.15) is 11.3 Å². The molecule has 2 aromatic carbocycles. The van der Waals surface area contributed by atoms with Crippen LogP contribution < -0.4 is 10.1 Å². The van der Waals surface area contributed by atoms with Gasteiger partial charge in [-0.15, -0.1) is 0 Å². The topological polar surface area (TPSA) is 106 Å². The number of carbonyl (C=O) groups is 1. The standard InChI is InChI=1S/C27H30ClN5O4S/c1-18-24(25(28)32(2)31-18)38(35,36)33-22-13-14-27(15-19(22)16-30-33,20-9-5-4-6-10-20)17-29-26(34)21-11-7-8-12-23(21)37-3/h4-12,16,24-25H,13-15,17H2,1-3H3,(H,29,34). The number of halogens is 1. The number of nitrogens with zero attached hydrogens (tertiary/aromatic N) is 4. The fourth-order valence-corrected chi connectivity index (χ4v) is 7.98. The number of para-hydroxylation sites is 1. The largest absolute Gasteiger partial charge is 0.496 e. The Hall–Kier alpha value is -3.37. The minimum Gasteiger partial charge on any atom is -0.496 e. The van der Waals surface area contributed by atoms with Crippen molar-refractivity contribution in [2.24, 2.45) is 5.10 Å². The minimum atomic E-state index is -3.92. The van der Waals surface area contributed by atoms with Crippen molar-refractivity contribution in [2.45, 2.75) is 42.4 Å². The van der Waals surface area contributed by atoms with E-state index in [-0.39, 0.29) is 5.91 Å². The maximum atomic E-state index is 13.6. The smallest absolute Gasteiger partial charge is 0.265 e. The molecule has 0 fully saturated rings. The van der Waals surface area contributed by atoms with Gasteiger partial charge in [0.25, 0.3) is 15.9 Å². The van der Waals surface area contributed by atoms with Gasteiger partial charge in [0.05, 0.1) is 30.3 Å². The van der Waals surface area contributed by atoms with E-state index in [4.69, 9.17) is 16.3 Å². The Bertz CT molecular complexity index is 1490. The van der Waals surface area contributed by atoms with E-state index in [2.05, 4.69) is 15.5 Å². The van der Waals surface area contributed by atoms with E-state index in [1.54, 1.807) is 38.4 Å². The molecule has 5 rings (SSSR count). The first-order valence-electron chi connectivity index (χ1n) is 12.4. The molecule has 200 valence electrons. The van der Waals surface area contributed by atoms with Crippen LogP contribution in [0.2, 0.25) is 0 Å². The molecule has 9 nitrogen and oxygen atoms in total. The first-order valence-corrected chi connectivity index (χ1v) is 14.3. The molecule has 3 atom stereocenters. The Kier molecular flexibility index (Phi) is 6.96. The maximum absolute atomic E-state index is 13.6. The van der Waals surface area contributed by atoms with E-state index in [1.165, 1.54) is 12.1 Å². The third-order valence-electron chi connectivity index (χ3n) is 7.51. The summed E-state index contributed by atoms with van der Waals surface area (Å²) in [4.78, 5) is 13.1. The first kappa shape index (κ1) is 26.2. The Balaban J connectivity index is 1.45. The normalized spacial score (nSPS) is 23.1. The number of hydrazone groups is 1. The molecule has 0 saturated heterocycles. The Morgan fingerprint density at radius 2 is 1.89 bits per heavy atom. The number of nitrogens with one attached hydrogen (secondary N) is 1. The van der Waals surface area contributed by atoms with Crippen LogP contribution in [-0.2, 0) is 28.3 Å². The SMILES string of the molecule is COc1ccccc1C(=O)NCC1(c2ccccc2)CCc2c(cnn2S(=O)(=O)C2C(C)=NN(C)C2Cl)C1. The molecule has 11 heteroatoms. The van der Waals surface area contributed by atoms with Crippen LogP contribution in [0.3, 0.4) is 0 Å². The summed E-state index contributed by atoms with van der Waals surface area (Å²) >= 11 is 6.42. The summed E-state index contributed by atoms with van der Waals surface area (Å²) in [6.45, 7) is 2.04. The average Bonchev–Trinajstić information content (AvgIpc) is 3.47. The molecule has 0 saturated carbocycles. The van der Waals surface area contributed by atoms with Crippen molar-refractivity contribution in [3.8, 4) is 5.75 Å². The second kappa shape index (κ2) is 10.1. The van der Waals surface area contributed by atoms with Gasteiger partial charge >= 0.3 is 0 Å². The Morgan fingerprint density at radius 1 is 1.18 bits per heavy atom. The molecule has 1 N–H and O–H groups in total. The average molecular weight is 556 g/mol. The number of benzene rings is 2. The summed E-state index contributed by atoms with van der Waals surface area (Å²) in [5.74, 6) is 0.278. The van der Waals surface area contributed by atoms with E-state index < -0.39 is 26.2 Å². The van der Waals surface area contributed by atoms with Gasteiger partial charge in [0.2, 0.25) is 0 Å². The molecule has 1 aliphatic carbocycles. The van der Waals surface area contributed by atoms with Crippen molar-refractivity contribution in [2.75, 3.05) is 20.7 Å². The zero-order valence-corrected chi connectivity index (χ0v) is 23.0. The highest BCUT2D eigenvalue weighted by Crippen LogP contribution is 2.39. The number of methoxy groups -OCH3 is 1. The van der Waals surface area contributed by atoms with Gasteiger partial charge in [-0.25, -0.2) is 8.42 Å². The molecule has 1 aromatic heterocycles. The summed E-state index contributed by atoms with van der Waals surface area (Å²) < 4.78 is 33.8. The van der Waals surface area contributed by atoms with Crippen molar-refractivity contribution in [1.82, 2.24) is 19.5 Å². The molecular formula is C27H30ClN5O4S. The lowest BCUT2D eigenvalue weighted by atomic mass is 9.69. The number of ether oxygens (including phenoxy) is 1. The van der Waals surface area contributed by atoms with E-state index in [1.807, 2.05) is 36.4 Å². The minimum absolute atomic E-state index is 0.227.